The van der Waals surface area contributed by atoms with Crippen molar-refractivity contribution in [3.63, 3.8) is 0 Å². The summed E-state index contributed by atoms with van der Waals surface area (Å²) in [5, 5.41) is 36.1. The van der Waals surface area contributed by atoms with E-state index in [0.29, 0.717) is 66.1 Å². The van der Waals surface area contributed by atoms with Gasteiger partial charge in [-0.1, -0.05) is 125 Å². The molecular weight excluding hydrogens is 1490 g/mol. The van der Waals surface area contributed by atoms with Gasteiger partial charge in [0, 0.05) is 25.6 Å². The molecule has 7 saturated heterocycles. The number of nitrogens with one attached hydrogen (secondary N) is 3. The third-order valence-corrected chi connectivity index (χ3v) is 28.0. The van der Waals surface area contributed by atoms with E-state index >= 15 is 0 Å². The van der Waals surface area contributed by atoms with Gasteiger partial charge in [-0.05, 0) is 232 Å². The molecule has 7 heterocycles. The normalized spacial score (nSPS) is 34.4. The average Bonchev–Trinajstić information content (AvgIpc) is 1.43. The minimum absolute atomic E-state index is 0. The molecule has 16 rings (SSSR count). The Labute approximate surface area is 691 Å². The number of aliphatic carboxylic acids is 1. The van der Waals surface area contributed by atoms with Crippen molar-refractivity contribution in [2.45, 2.75) is 371 Å². The van der Waals surface area contributed by atoms with Crippen molar-refractivity contribution in [1.82, 2.24) is 30.7 Å². The van der Waals surface area contributed by atoms with Crippen molar-refractivity contribution >= 4 is 102 Å². The first-order valence-electron chi connectivity index (χ1n) is 41.4. The van der Waals surface area contributed by atoms with Crippen LogP contribution >= 0.6 is 37.2 Å². The number of nitrogens with zero attached hydrogens (tertiary/aromatic N) is 3. The number of carboxylic acid groups (broad SMARTS) is 1. The molecule has 16 aliphatic rings. The van der Waals surface area contributed by atoms with Gasteiger partial charge >= 0.3 is 46.6 Å². The van der Waals surface area contributed by atoms with Crippen LogP contribution in [0.25, 0.3) is 0 Å². The second-order valence-corrected chi connectivity index (χ2v) is 43.3. The molecular formula is C80H147B4Cl3N8O17. The third-order valence-electron chi connectivity index (χ3n) is 28.0. The lowest BCUT2D eigenvalue weighted by Gasteiger charge is -2.64. The first-order chi connectivity index (χ1) is 49.7. The van der Waals surface area contributed by atoms with Crippen LogP contribution in [0.15, 0.2) is 0 Å². The highest BCUT2D eigenvalue weighted by atomic mass is 35.5. The molecule has 25 nitrogen and oxygen atoms in total. The number of alkyl carbamates (subject to hydrolysis) is 2. The molecule has 32 heteroatoms. The second kappa shape index (κ2) is 35.1. The van der Waals surface area contributed by atoms with Crippen LogP contribution in [-0.4, -0.2) is 215 Å². The van der Waals surface area contributed by atoms with E-state index in [0.717, 1.165) is 69.9 Å². The van der Waals surface area contributed by atoms with Crippen molar-refractivity contribution in [3.05, 3.63) is 0 Å². The monoisotopic (exact) mass is 1640 g/mol. The number of carboxylic acids is 1. The molecule has 9 saturated carbocycles. The van der Waals surface area contributed by atoms with E-state index in [-0.39, 0.29) is 126 Å². The summed E-state index contributed by atoms with van der Waals surface area (Å²) in [6.45, 7) is 57.6. The summed E-state index contributed by atoms with van der Waals surface area (Å²) in [7, 11) is -2.20. The Kier molecular flexibility index (Phi) is 30.6. The van der Waals surface area contributed by atoms with Gasteiger partial charge in [-0.25, -0.2) is 14.4 Å². The highest BCUT2D eigenvalue weighted by Crippen LogP contribution is 2.68. The summed E-state index contributed by atoms with van der Waals surface area (Å²) in [6, 6.07) is -2.76. The molecule has 5 amide bonds. The standard InChI is InChI=1S/C25H43BN2O5.C20H35BN2O3.C14H24BNO2.C11H21NO4.C10H21BN2O3.3ClH/c1-22(2,3)19(27-21(30)31-23(4,5)6)20(29)28-12-10-11-18(28)26-32-17-14-15-13-16(24(15,7)8)25(17,9)33-26;1-18(2,3)16(22)17(24)23-9-7-8-15(23)21-25-14-11-12-10-13(19(12,4)5)20(14,6)26-21;1-13(2)9-7-10(13)14(3)11(8-9)17-15(18-14)12-5-4-6-16-12;1-10(2,3)7(8(13)14)12-9(15)16-11(4,5)6;1-10(2,3)8(12)9(14)13-6-4-5-7(13)11(15)16;;;/h15-19H,10-14H2,1-9H3,(H,27,30);12-16H,7-11,22H2,1-6H3;9-12,16H,4-8H2,1-3H3;7H,1-6H3,(H,12,15)(H,13,14);7-8,15-16H,4-6,12H2,1-3H3;3*1H/t15?,16?,17-,18+,19-,25+;12?,13?,14-,15+,16-,20+;9?,10?,11-,12+,14+;7-;7-,8+;;;/m11110.../s1. The summed E-state index contributed by atoms with van der Waals surface area (Å²) in [6.07, 6.45) is 14.0. The molecule has 6 unspecified atom stereocenters. The number of ether oxygens (including phenoxy) is 2. The number of hydrogen-bond donors (Lipinski definition) is 8. The number of likely N-dealkylation sites (tertiary alicyclic amines) is 3. The lowest BCUT2D eigenvalue weighted by Crippen LogP contribution is -2.65. The Bertz CT molecular complexity index is 3270. The molecule has 0 radical (unpaired) electrons. The fraction of sp³-hybridized carbons (Fsp3) is 0.925. The first-order valence-corrected chi connectivity index (χ1v) is 41.4. The molecule has 0 aromatic heterocycles. The predicted octanol–water partition coefficient (Wildman–Crippen LogP) is 11.4. The maximum absolute atomic E-state index is 13.8. The van der Waals surface area contributed by atoms with Gasteiger partial charge in [0.25, 0.3) is 0 Å². The van der Waals surface area contributed by atoms with E-state index < -0.39 is 84.5 Å². The van der Waals surface area contributed by atoms with Gasteiger partial charge in [0.2, 0.25) is 17.7 Å². The quantitative estimate of drug-likeness (QED) is 0.0942. The van der Waals surface area contributed by atoms with Gasteiger partial charge in [0.05, 0.1) is 65.0 Å². The number of carbonyl (C=O) groups is 6. The zero-order valence-corrected chi connectivity index (χ0v) is 75.6. The maximum atomic E-state index is 13.8. The molecule has 0 aromatic rings. The Morgan fingerprint density at radius 2 is 0.795 bits per heavy atom. The molecule has 112 heavy (non-hydrogen) atoms. The molecule has 7 aliphatic heterocycles. The number of hydrogen-bond acceptors (Lipinski definition) is 19. The highest BCUT2D eigenvalue weighted by molar-refractivity contribution is 6.49. The summed E-state index contributed by atoms with van der Waals surface area (Å²) in [4.78, 5) is 79.1. The lowest BCUT2D eigenvalue weighted by atomic mass is 9.43. The fourth-order valence-electron chi connectivity index (χ4n) is 20.6. The van der Waals surface area contributed by atoms with E-state index in [1.165, 1.54) is 43.4 Å². The smallest absolute Gasteiger partial charge is 0.480 e. The van der Waals surface area contributed by atoms with Gasteiger partial charge in [-0.3, -0.25) is 14.4 Å². The lowest BCUT2D eigenvalue weighted by molar-refractivity contribution is -0.199. The number of rotatable bonds is 10. The van der Waals surface area contributed by atoms with Gasteiger partial charge in [-0.15, -0.1) is 37.2 Å². The van der Waals surface area contributed by atoms with Gasteiger partial charge in [0.1, 0.15) is 23.3 Å². The Morgan fingerprint density at radius 1 is 0.464 bits per heavy atom. The Morgan fingerprint density at radius 3 is 1.12 bits per heavy atom. The molecule has 0 spiro atoms. The van der Waals surface area contributed by atoms with Crippen LogP contribution in [-0.2, 0) is 56.6 Å². The molecule has 20 atom stereocenters. The molecule has 16 fully saturated rings. The number of carbonyl (C=O) groups excluding carboxylic acids is 5. The second-order valence-electron chi connectivity index (χ2n) is 43.3. The van der Waals surface area contributed by atoms with Gasteiger partial charge < -0.3 is 94.7 Å². The van der Waals surface area contributed by atoms with Crippen LogP contribution in [0.5, 0.6) is 0 Å². The van der Waals surface area contributed by atoms with E-state index in [1.807, 2.05) is 92.9 Å². The molecule has 10 N–H and O–H groups in total. The number of amides is 5. The van der Waals surface area contributed by atoms with E-state index in [9.17, 15) is 38.8 Å². The zero-order valence-electron chi connectivity index (χ0n) is 73.1. The minimum Gasteiger partial charge on any atom is -0.480 e. The van der Waals surface area contributed by atoms with Crippen LogP contribution in [0, 0.1) is 73.4 Å². The SMILES string of the molecule is CC(C)(C)OC(=O)N[C@H](C(=O)N1CCC[C@H]1B1O[C@@H]2CC3CC(C3(C)C)[C@]2(C)O1)C(C)(C)C.CC(C)(C)OC(=O)N[C@H](C(=O)O)C(C)(C)C.CC(C)(C)[C@H](N)C(=O)N1CCC[C@H]1B(O)O.CC1(C)C2CC1[C@]1(C)OB([C@@H]3CCCN3)O[C@@H]1C2.CC1(C)C2CC1[C@]1(C)OB([C@@H]3CCCN3C(=O)[C@@H](N)C(C)(C)C)O[C@@H]1C2.Cl.Cl.Cl. The van der Waals surface area contributed by atoms with Crippen LogP contribution in [0.2, 0.25) is 0 Å². The summed E-state index contributed by atoms with van der Waals surface area (Å²) in [5.74, 6) is 2.46. The van der Waals surface area contributed by atoms with Crippen LogP contribution in [0.4, 0.5) is 9.59 Å². The van der Waals surface area contributed by atoms with Crippen LogP contribution in [0.3, 0.4) is 0 Å². The summed E-state index contributed by atoms with van der Waals surface area (Å²) in [5.41, 5.74) is 9.82. The van der Waals surface area contributed by atoms with Crippen molar-refractivity contribution in [1.29, 1.82) is 0 Å². The maximum Gasteiger partial charge on any atom is 0.481 e. The first kappa shape index (κ1) is 97.9. The number of nitrogens with two attached hydrogens (primary N) is 2. The van der Waals surface area contributed by atoms with Crippen molar-refractivity contribution in [2.75, 3.05) is 26.2 Å². The topological polar surface area (TPSA) is 335 Å². The van der Waals surface area contributed by atoms with Gasteiger partial charge in [0.15, 0.2) is 0 Å². The van der Waals surface area contributed by atoms with Crippen molar-refractivity contribution < 1.29 is 81.3 Å². The van der Waals surface area contributed by atoms with Crippen molar-refractivity contribution in [3.8, 4) is 0 Å². The average molecular weight is 1640 g/mol. The summed E-state index contributed by atoms with van der Waals surface area (Å²) >= 11 is 0. The highest BCUT2D eigenvalue weighted by Gasteiger charge is 2.72. The fourth-order valence-corrected chi connectivity index (χ4v) is 20.6. The molecule has 6 bridgehead atoms. The van der Waals surface area contributed by atoms with E-state index in [4.69, 9.17) is 54.0 Å². The van der Waals surface area contributed by atoms with Crippen LogP contribution < -0.4 is 27.4 Å². The Hall–Kier alpha value is -2.89. The van der Waals surface area contributed by atoms with E-state index in [2.05, 4.69) is 78.3 Å². The summed E-state index contributed by atoms with van der Waals surface area (Å²) < 4.78 is 49.4. The third kappa shape index (κ3) is 20.4. The molecule has 0 aromatic carbocycles. The Balaban J connectivity index is 0.000000224. The van der Waals surface area contributed by atoms with Crippen molar-refractivity contribution in [2.24, 2.45) is 84.9 Å². The van der Waals surface area contributed by atoms with E-state index in [1.54, 1.807) is 41.5 Å². The molecule has 642 valence electrons. The van der Waals surface area contributed by atoms with Crippen LogP contribution in [0.1, 0.15) is 277 Å². The largest absolute Gasteiger partial charge is 0.481 e. The van der Waals surface area contributed by atoms with Gasteiger partial charge in [-0.2, -0.15) is 0 Å². The number of halogens is 3. The minimum atomic E-state index is -1.47. The zero-order chi connectivity index (χ0) is 81.8. The molecule has 9 aliphatic carbocycles. The predicted molar refractivity (Wildman–Crippen MR) is 445 cm³/mol.